The highest BCUT2D eigenvalue weighted by atomic mass is 35.5. The number of pyridine rings is 1. The number of nitro benzene ring substituents is 1. The number of benzene rings is 1. The Morgan fingerprint density at radius 3 is 2.55 bits per heavy atom. The molecule has 0 atom stereocenters. The minimum absolute atomic E-state index is 0.219. The van der Waals surface area contributed by atoms with E-state index in [1.165, 1.54) is 24.3 Å². The van der Waals surface area contributed by atoms with Crippen molar-refractivity contribution >= 4 is 17.3 Å². The molecule has 1 aromatic carbocycles. The summed E-state index contributed by atoms with van der Waals surface area (Å²) in [5.41, 5.74) is -1.78. The summed E-state index contributed by atoms with van der Waals surface area (Å²) in [5, 5.41) is 10.1. The molecule has 0 aliphatic carbocycles. The SMILES string of the molecule is O=c1c(Cl)cc(C(F)(F)F)cn1Cc1cccc([N+](=O)[O-])c1. The zero-order valence-electron chi connectivity index (χ0n) is 10.8. The van der Waals surface area contributed by atoms with Crippen LogP contribution < -0.4 is 5.56 Å². The van der Waals surface area contributed by atoms with Gasteiger partial charge in [0, 0.05) is 18.3 Å². The monoisotopic (exact) mass is 332 g/mol. The standard InChI is InChI=1S/C13H8ClF3N2O3/c14-11-5-9(13(15,16)17)7-18(12(11)20)6-8-2-1-3-10(4-8)19(21)22/h1-5,7H,6H2. The van der Waals surface area contributed by atoms with Crippen LogP contribution >= 0.6 is 11.6 Å². The Kier molecular flexibility index (Phi) is 4.23. The maximum Gasteiger partial charge on any atom is 0.417 e. The molecule has 0 fully saturated rings. The zero-order chi connectivity index (χ0) is 16.5. The number of rotatable bonds is 3. The zero-order valence-corrected chi connectivity index (χ0v) is 11.6. The fourth-order valence-electron chi connectivity index (χ4n) is 1.84. The predicted molar refractivity (Wildman–Crippen MR) is 72.9 cm³/mol. The second-order valence-electron chi connectivity index (χ2n) is 4.43. The van der Waals surface area contributed by atoms with Crippen molar-refractivity contribution in [1.29, 1.82) is 0 Å². The summed E-state index contributed by atoms with van der Waals surface area (Å²) in [4.78, 5) is 21.8. The molecule has 0 N–H and O–H groups in total. The smallest absolute Gasteiger partial charge is 0.309 e. The number of alkyl halides is 3. The quantitative estimate of drug-likeness (QED) is 0.638. The van der Waals surface area contributed by atoms with Crippen LogP contribution in [0.4, 0.5) is 18.9 Å². The van der Waals surface area contributed by atoms with Crippen LogP contribution in [0.3, 0.4) is 0 Å². The van der Waals surface area contributed by atoms with Crippen LogP contribution in [0.15, 0.2) is 41.3 Å². The second kappa shape index (κ2) is 5.80. The van der Waals surface area contributed by atoms with Gasteiger partial charge in [-0.05, 0) is 11.6 Å². The molecule has 0 bridgehead atoms. The molecule has 0 spiro atoms. The van der Waals surface area contributed by atoms with E-state index >= 15 is 0 Å². The molecular weight excluding hydrogens is 325 g/mol. The van der Waals surface area contributed by atoms with Crippen molar-refractivity contribution in [3.63, 3.8) is 0 Å². The van der Waals surface area contributed by atoms with E-state index in [-0.39, 0.29) is 12.2 Å². The van der Waals surface area contributed by atoms with Crippen LogP contribution in [0.2, 0.25) is 5.02 Å². The fraction of sp³-hybridized carbons (Fsp3) is 0.154. The summed E-state index contributed by atoms with van der Waals surface area (Å²) in [5.74, 6) is 0. The molecule has 0 saturated carbocycles. The summed E-state index contributed by atoms with van der Waals surface area (Å²) < 4.78 is 38.9. The first-order valence-corrected chi connectivity index (χ1v) is 6.27. The fourth-order valence-corrected chi connectivity index (χ4v) is 2.06. The topological polar surface area (TPSA) is 65.1 Å². The van der Waals surface area contributed by atoms with E-state index in [0.29, 0.717) is 17.8 Å². The number of hydrogen-bond acceptors (Lipinski definition) is 3. The van der Waals surface area contributed by atoms with E-state index in [4.69, 9.17) is 11.6 Å². The van der Waals surface area contributed by atoms with E-state index in [2.05, 4.69) is 0 Å². The van der Waals surface area contributed by atoms with Crippen molar-refractivity contribution in [3.8, 4) is 0 Å². The van der Waals surface area contributed by atoms with E-state index in [9.17, 15) is 28.1 Å². The Balaban J connectivity index is 2.45. The molecule has 0 unspecified atom stereocenters. The number of nitrogens with zero attached hydrogens (tertiary/aromatic N) is 2. The number of aromatic nitrogens is 1. The van der Waals surface area contributed by atoms with Gasteiger partial charge in [-0.1, -0.05) is 23.7 Å². The van der Waals surface area contributed by atoms with E-state index in [0.717, 1.165) is 4.57 Å². The van der Waals surface area contributed by atoms with Gasteiger partial charge in [-0.3, -0.25) is 14.9 Å². The molecule has 0 amide bonds. The van der Waals surface area contributed by atoms with Gasteiger partial charge in [0.1, 0.15) is 5.02 Å². The number of halogens is 4. The van der Waals surface area contributed by atoms with Crippen LogP contribution in [-0.2, 0) is 12.7 Å². The molecule has 0 aliphatic heterocycles. The highest BCUT2D eigenvalue weighted by molar-refractivity contribution is 6.30. The third-order valence-corrected chi connectivity index (χ3v) is 3.11. The number of hydrogen-bond donors (Lipinski definition) is 0. The van der Waals surface area contributed by atoms with Crippen molar-refractivity contribution in [3.05, 3.63) is 73.1 Å². The first-order chi connectivity index (χ1) is 10.2. The van der Waals surface area contributed by atoms with Gasteiger partial charge < -0.3 is 4.57 Å². The van der Waals surface area contributed by atoms with E-state index in [1.54, 1.807) is 0 Å². The molecule has 116 valence electrons. The molecule has 9 heteroatoms. The molecule has 0 saturated heterocycles. The second-order valence-corrected chi connectivity index (χ2v) is 4.84. The maximum absolute atomic E-state index is 12.7. The Morgan fingerprint density at radius 2 is 1.95 bits per heavy atom. The Labute approximate surface area is 126 Å². The van der Waals surface area contributed by atoms with Gasteiger partial charge in [0.05, 0.1) is 17.0 Å². The van der Waals surface area contributed by atoms with Crippen molar-refractivity contribution in [2.75, 3.05) is 0 Å². The molecule has 5 nitrogen and oxygen atoms in total. The van der Waals surface area contributed by atoms with Crippen molar-refractivity contribution in [1.82, 2.24) is 4.57 Å². The van der Waals surface area contributed by atoms with Crippen molar-refractivity contribution in [2.24, 2.45) is 0 Å². The summed E-state index contributed by atoms with van der Waals surface area (Å²) in [7, 11) is 0. The Morgan fingerprint density at radius 1 is 1.27 bits per heavy atom. The molecular formula is C13H8ClF3N2O3. The van der Waals surface area contributed by atoms with Gasteiger partial charge in [-0.25, -0.2) is 0 Å². The number of nitro groups is 1. The summed E-state index contributed by atoms with van der Waals surface area (Å²) in [6.45, 7) is -0.260. The van der Waals surface area contributed by atoms with Gasteiger partial charge in [0.15, 0.2) is 0 Å². The largest absolute Gasteiger partial charge is 0.417 e. The van der Waals surface area contributed by atoms with Crippen LogP contribution in [0.25, 0.3) is 0 Å². The maximum atomic E-state index is 12.7. The average molecular weight is 333 g/mol. The van der Waals surface area contributed by atoms with Crippen LogP contribution in [0.1, 0.15) is 11.1 Å². The third-order valence-electron chi connectivity index (χ3n) is 2.84. The molecule has 2 rings (SSSR count). The normalized spacial score (nSPS) is 11.5. The summed E-state index contributed by atoms with van der Waals surface area (Å²) in [6.07, 6.45) is -4.02. The van der Waals surface area contributed by atoms with Gasteiger partial charge in [-0.15, -0.1) is 0 Å². The van der Waals surface area contributed by atoms with Crippen molar-refractivity contribution < 1.29 is 18.1 Å². The molecule has 0 aliphatic rings. The lowest BCUT2D eigenvalue weighted by atomic mass is 10.2. The first kappa shape index (κ1) is 16.0. The van der Waals surface area contributed by atoms with Gasteiger partial charge in [0.2, 0.25) is 0 Å². The lowest BCUT2D eigenvalue weighted by Gasteiger charge is -2.11. The number of non-ortho nitro benzene ring substituents is 1. The van der Waals surface area contributed by atoms with Crippen LogP contribution in [-0.4, -0.2) is 9.49 Å². The minimum Gasteiger partial charge on any atom is -0.309 e. The van der Waals surface area contributed by atoms with E-state index < -0.39 is 27.2 Å². The Bertz CT molecular complexity index is 787. The van der Waals surface area contributed by atoms with Gasteiger partial charge >= 0.3 is 6.18 Å². The predicted octanol–water partition coefficient (Wildman–Crippen LogP) is 3.48. The average Bonchev–Trinajstić information content (AvgIpc) is 2.42. The van der Waals surface area contributed by atoms with Crippen LogP contribution in [0, 0.1) is 10.1 Å². The van der Waals surface area contributed by atoms with Crippen molar-refractivity contribution in [2.45, 2.75) is 12.7 Å². The Hall–Kier alpha value is -2.35. The summed E-state index contributed by atoms with van der Waals surface area (Å²) >= 11 is 5.53. The van der Waals surface area contributed by atoms with Gasteiger partial charge in [0.25, 0.3) is 11.2 Å². The highest BCUT2D eigenvalue weighted by Gasteiger charge is 2.32. The highest BCUT2D eigenvalue weighted by Crippen LogP contribution is 2.29. The molecule has 2 aromatic rings. The minimum atomic E-state index is -4.65. The molecule has 0 radical (unpaired) electrons. The lowest BCUT2D eigenvalue weighted by molar-refractivity contribution is -0.384. The van der Waals surface area contributed by atoms with Crippen LogP contribution in [0.5, 0.6) is 0 Å². The van der Waals surface area contributed by atoms with Gasteiger partial charge in [-0.2, -0.15) is 13.2 Å². The molecule has 1 aromatic heterocycles. The first-order valence-electron chi connectivity index (χ1n) is 5.89. The third kappa shape index (κ3) is 3.45. The van der Waals surface area contributed by atoms with E-state index in [1.807, 2.05) is 0 Å². The lowest BCUT2D eigenvalue weighted by Crippen LogP contribution is -2.23. The summed E-state index contributed by atoms with van der Waals surface area (Å²) in [6, 6.07) is 5.82. The molecule has 22 heavy (non-hydrogen) atoms. The molecule has 1 heterocycles.